The van der Waals surface area contributed by atoms with Crippen LogP contribution in [0, 0.1) is 0 Å². The molecule has 0 unspecified atom stereocenters. The lowest BCUT2D eigenvalue weighted by atomic mass is 10.3. The van der Waals surface area contributed by atoms with Crippen molar-refractivity contribution in [1.82, 2.24) is 3.97 Å². The highest BCUT2D eigenvalue weighted by Gasteiger charge is 2.23. The Hall–Kier alpha value is -1.27. The number of benzene rings is 1. The molecule has 0 aliphatic heterocycles. The van der Waals surface area contributed by atoms with Gasteiger partial charge < -0.3 is 4.74 Å². The van der Waals surface area contributed by atoms with Gasteiger partial charge in [0.15, 0.2) is 0 Å². The highest BCUT2D eigenvalue weighted by atomic mass is 79.9. The van der Waals surface area contributed by atoms with E-state index in [0.29, 0.717) is 16.6 Å². The molecule has 6 heteroatoms. The molecular weight excluding hydrogens is 330 g/mol. The van der Waals surface area contributed by atoms with Crippen LogP contribution in [-0.2, 0) is 16.4 Å². The van der Waals surface area contributed by atoms with E-state index in [1.165, 1.54) is 11.1 Å². The largest absolute Gasteiger partial charge is 0.495 e. The van der Waals surface area contributed by atoms with Crippen LogP contribution in [0.25, 0.3) is 0 Å². The molecule has 1 heterocycles. The summed E-state index contributed by atoms with van der Waals surface area (Å²) < 4.78 is 32.5. The number of halogens is 1. The fourth-order valence-electron chi connectivity index (χ4n) is 1.87. The predicted molar refractivity (Wildman–Crippen MR) is 77.1 cm³/mol. The van der Waals surface area contributed by atoms with Crippen molar-refractivity contribution in [3.8, 4) is 5.75 Å². The molecule has 19 heavy (non-hydrogen) atoms. The topological polar surface area (TPSA) is 48.3 Å². The van der Waals surface area contributed by atoms with Crippen LogP contribution < -0.4 is 4.74 Å². The molecule has 1 aromatic carbocycles. The number of methoxy groups -OCH3 is 1. The van der Waals surface area contributed by atoms with Crippen molar-refractivity contribution in [3.63, 3.8) is 0 Å². The molecule has 0 aliphatic rings. The number of aryl methyl sites for hydroxylation is 1. The number of ether oxygens (including phenoxy) is 1. The van der Waals surface area contributed by atoms with Crippen molar-refractivity contribution in [2.75, 3.05) is 7.11 Å². The maximum Gasteiger partial charge on any atom is 0.271 e. The first-order valence-corrected chi connectivity index (χ1v) is 7.99. The van der Waals surface area contributed by atoms with E-state index in [0.717, 1.165) is 5.69 Å². The zero-order chi connectivity index (χ0) is 14.0. The molecule has 0 N–H and O–H groups in total. The van der Waals surface area contributed by atoms with Crippen LogP contribution in [0.1, 0.15) is 12.6 Å². The molecule has 2 rings (SSSR count). The molecular formula is C13H14BrNO3S. The normalized spacial score (nSPS) is 11.5. The maximum atomic E-state index is 12.7. The second-order valence-corrected chi connectivity index (χ2v) is 6.65. The molecule has 0 saturated carbocycles. The standard InChI is InChI=1S/C13H14BrNO3S/c1-3-11-5-4-8-15(11)19(16,17)13-9-10(14)6-7-12(13)18-2/h4-9H,3H2,1-2H3. The van der Waals surface area contributed by atoms with Crippen LogP contribution in [0.5, 0.6) is 5.75 Å². The Balaban J connectivity index is 2.66. The number of rotatable bonds is 4. The van der Waals surface area contributed by atoms with E-state index in [2.05, 4.69) is 15.9 Å². The molecule has 0 aliphatic carbocycles. The van der Waals surface area contributed by atoms with Gasteiger partial charge in [-0.3, -0.25) is 0 Å². The monoisotopic (exact) mass is 343 g/mol. The van der Waals surface area contributed by atoms with Gasteiger partial charge in [0.1, 0.15) is 10.6 Å². The summed E-state index contributed by atoms with van der Waals surface area (Å²) in [7, 11) is -2.18. The van der Waals surface area contributed by atoms with Crippen molar-refractivity contribution in [3.05, 3.63) is 46.7 Å². The smallest absolute Gasteiger partial charge is 0.271 e. The summed E-state index contributed by atoms with van der Waals surface area (Å²) in [6.45, 7) is 1.92. The average molecular weight is 344 g/mol. The Morgan fingerprint density at radius 2 is 2.05 bits per heavy atom. The average Bonchev–Trinajstić information content (AvgIpc) is 2.87. The molecule has 0 atom stereocenters. The van der Waals surface area contributed by atoms with Gasteiger partial charge >= 0.3 is 0 Å². The van der Waals surface area contributed by atoms with Crippen molar-refractivity contribution in [1.29, 1.82) is 0 Å². The summed E-state index contributed by atoms with van der Waals surface area (Å²) in [6.07, 6.45) is 2.19. The predicted octanol–water partition coefficient (Wildman–Crippen LogP) is 3.06. The minimum Gasteiger partial charge on any atom is -0.495 e. The second-order valence-electron chi connectivity index (χ2n) is 3.95. The van der Waals surface area contributed by atoms with Crippen molar-refractivity contribution in [2.24, 2.45) is 0 Å². The van der Waals surface area contributed by atoms with E-state index in [9.17, 15) is 8.42 Å². The van der Waals surface area contributed by atoms with Gasteiger partial charge in [0.25, 0.3) is 10.0 Å². The summed E-state index contributed by atoms with van der Waals surface area (Å²) in [4.78, 5) is 0.148. The molecule has 0 amide bonds. The summed E-state index contributed by atoms with van der Waals surface area (Å²) in [5.74, 6) is 0.332. The van der Waals surface area contributed by atoms with Gasteiger partial charge in [0.05, 0.1) is 7.11 Å². The third-order valence-corrected chi connectivity index (χ3v) is 5.06. The Kier molecular flexibility index (Phi) is 4.01. The summed E-state index contributed by atoms with van der Waals surface area (Å²) in [5, 5.41) is 0. The number of nitrogens with zero attached hydrogens (tertiary/aromatic N) is 1. The molecule has 0 saturated heterocycles. The molecule has 0 bridgehead atoms. The van der Waals surface area contributed by atoms with Crippen molar-refractivity contribution < 1.29 is 13.2 Å². The lowest BCUT2D eigenvalue weighted by molar-refractivity contribution is 0.402. The zero-order valence-electron chi connectivity index (χ0n) is 10.6. The maximum absolute atomic E-state index is 12.7. The Labute approximate surface area is 121 Å². The Morgan fingerprint density at radius 3 is 2.68 bits per heavy atom. The minimum atomic E-state index is -3.64. The first-order chi connectivity index (χ1) is 9.00. The van der Waals surface area contributed by atoms with E-state index in [1.807, 2.05) is 6.92 Å². The highest BCUT2D eigenvalue weighted by molar-refractivity contribution is 9.10. The van der Waals surface area contributed by atoms with Gasteiger partial charge in [-0.2, -0.15) is 0 Å². The molecule has 4 nitrogen and oxygen atoms in total. The van der Waals surface area contributed by atoms with Crippen molar-refractivity contribution >= 4 is 26.0 Å². The van der Waals surface area contributed by atoms with Gasteiger partial charge in [-0.15, -0.1) is 0 Å². The van der Waals surface area contributed by atoms with Gasteiger partial charge in [0.2, 0.25) is 0 Å². The van der Waals surface area contributed by atoms with Crippen LogP contribution in [0.2, 0.25) is 0 Å². The molecule has 102 valence electrons. The van der Waals surface area contributed by atoms with Gasteiger partial charge in [-0.05, 0) is 36.8 Å². The Bertz CT molecular complexity index is 692. The molecule has 2 aromatic rings. The lowest BCUT2D eigenvalue weighted by Gasteiger charge is -2.13. The Morgan fingerprint density at radius 1 is 1.32 bits per heavy atom. The molecule has 0 fully saturated rings. The number of aromatic nitrogens is 1. The molecule has 0 radical (unpaired) electrons. The second kappa shape index (κ2) is 5.38. The number of hydrogen-bond donors (Lipinski definition) is 0. The molecule has 1 aromatic heterocycles. The first-order valence-electron chi connectivity index (χ1n) is 5.76. The van der Waals surface area contributed by atoms with Gasteiger partial charge in [0, 0.05) is 16.4 Å². The summed E-state index contributed by atoms with van der Waals surface area (Å²) in [5.41, 5.74) is 0.738. The van der Waals surface area contributed by atoms with E-state index >= 15 is 0 Å². The van der Waals surface area contributed by atoms with E-state index in [-0.39, 0.29) is 4.90 Å². The van der Waals surface area contributed by atoms with E-state index < -0.39 is 10.0 Å². The quantitative estimate of drug-likeness (QED) is 0.857. The van der Waals surface area contributed by atoms with Gasteiger partial charge in [-0.1, -0.05) is 22.9 Å². The van der Waals surface area contributed by atoms with Crippen LogP contribution in [0.3, 0.4) is 0 Å². The van der Waals surface area contributed by atoms with Crippen LogP contribution >= 0.6 is 15.9 Å². The van der Waals surface area contributed by atoms with E-state index in [4.69, 9.17) is 4.74 Å². The zero-order valence-corrected chi connectivity index (χ0v) is 13.0. The fraction of sp³-hybridized carbons (Fsp3) is 0.231. The third-order valence-electron chi connectivity index (χ3n) is 2.82. The third kappa shape index (κ3) is 2.55. The highest BCUT2D eigenvalue weighted by Crippen LogP contribution is 2.29. The summed E-state index contributed by atoms with van der Waals surface area (Å²) in [6, 6.07) is 8.44. The van der Waals surface area contributed by atoms with Crippen LogP contribution in [0.15, 0.2) is 45.9 Å². The molecule has 0 spiro atoms. The van der Waals surface area contributed by atoms with Gasteiger partial charge in [-0.25, -0.2) is 12.4 Å². The first kappa shape index (κ1) is 14.1. The lowest BCUT2D eigenvalue weighted by Crippen LogP contribution is -2.15. The van der Waals surface area contributed by atoms with E-state index in [1.54, 1.807) is 36.5 Å². The van der Waals surface area contributed by atoms with Crippen LogP contribution in [-0.4, -0.2) is 19.5 Å². The summed E-state index contributed by atoms with van der Waals surface area (Å²) >= 11 is 3.29. The SMILES string of the molecule is CCc1cccn1S(=O)(=O)c1cc(Br)ccc1OC. The minimum absolute atomic E-state index is 0.148. The fourth-order valence-corrected chi connectivity index (χ4v) is 4.00. The van der Waals surface area contributed by atoms with Crippen molar-refractivity contribution in [2.45, 2.75) is 18.2 Å². The van der Waals surface area contributed by atoms with Crippen LogP contribution in [0.4, 0.5) is 0 Å². The number of hydrogen-bond acceptors (Lipinski definition) is 3.